The van der Waals surface area contributed by atoms with Crippen molar-refractivity contribution in [1.29, 1.82) is 0 Å². The smallest absolute Gasteiger partial charge is 0.184 e. The van der Waals surface area contributed by atoms with E-state index in [1.54, 1.807) is 23.1 Å². The van der Waals surface area contributed by atoms with Crippen molar-refractivity contribution in [2.75, 3.05) is 6.61 Å². The SMILES string of the molecule is C[Si](C)(C)CCOCn1cnc(-c2ccc(Br)cc2F)n1. The van der Waals surface area contributed by atoms with Crippen LogP contribution in [0.1, 0.15) is 0 Å². The number of ether oxygens (including phenoxy) is 1. The molecule has 0 saturated carbocycles. The van der Waals surface area contributed by atoms with E-state index in [1.807, 2.05) is 0 Å². The Morgan fingerprint density at radius 1 is 1.33 bits per heavy atom. The van der Waals surface area contributed by atoms with Crippen LogP contribution in [0.2, 0.25) is 25.7 Å². The molecular weight excluding hydrogens is 353 g/mol. The van der Waals surface area contributed by atoms with Crippen molar-refractivity contribution in [2.24, 2.45) is 0 Å². The van der Waals surface area contributed by atoms with Crippen LogP contribution in [0.25, 0.3) is 11.4 Å². The summed E-state index contributed by atoms with van der Waals surface area (Å²) in [4.78, 5) is 4.13. The lowest BCUT2D eigenvalue weighted by molar-refractivity contribution is 0.0784. The molecule has 0 atom stereocenters. The van der Waals surface area contributed by atoms with Gasteiger partial charge in [-0.25, -0.2) is 14.1 Å². The quantitative estimate of drug-likeness (QED) is 0.565. The molecule has 4 nitrogen and oxygen atoms in total. The second-order valence-electron chi connectivity index (χ2n) is 6.08. The van der Waals surface area contributed by atoms with Crippen molar-refractivity contribution >= 4 is 24.0 Å². The number of benzene rings is 1. The zero-order valence-electron chi connectivity index (χ0n) is 12.4. The molecule has 0 radical (unpaired) electrons. The number of halogens is 2. The van der Waals surface area contributed by atoms with Gasteiger partial charge in [-0.3, -0.25) is 0 Å². The first-order valence-electron chi connectivity index (χ1n) is 6.78. The number of nitrogens with zero attached hydrogens (tertiary/aromatic N) is 3. The molecule has 0 amide bonds. The van der Waals surface area contributed by atoms with Crippen molar-refractivity contribution in [1.82, 2.24) is 14.8 Å². The van der Waals surface area contributed by atoms with Gasteiger partial charge in [-0.05, 0) is 24.2 Å². The maximum absolute atomic E-state index is 13.8. The third-order valence-corrected chi connectivity index (χ3v) is 5.13. The van der Waals surface area contributed by atoms with Crippen LogP contribution >= 0.6 is 15.9 Å². The van der Waals surface area contributed by atoms with Crippen LogP contribution < -0.4 is 0 Å². The third-order valence-electron chi connectivity index (χ3n) is 2.93. The molecule has 0 N–H and O–H groups in total. The highest BCUT2D eigenvalue weighted by Crippen LogP contribution is 2.22. The minimum atomic E-state index is -1.08. The summed E-state index contributed by atoms with van der Waals surface area (Å²) < 4.78 is 21.7. The molecule has 7 heteroatoms. The normalized spacial score (nSPS) is 11.9. The predicted molar refractivity (Wildman–Crippen MR) is 87.2 cm³/mol. The number of rotatable bonds is 6. The number of hydrogen-bond donors (Lipinski definition) is 0. The Bertz CT molecular complexity index is 613. The van der Waals surface area contributed by atoms with Crippen LogP contribution in [0.15, 0.2) is 29.0 Å². The molecule has 21 heavy (non-hydrogen) atoms. The Morgan fingerprint density at radius 3 is 2.76 bits per heavy atom. The van der Waals surface area contributed by atoms with Gasteiger partial charge in [0, 0.05) is 19.2 Å². The maximum atomic E-state index is 13.8. The molecule has 0 spiro atoms. The van der Waals surface area contributed by atoms with Crippen LogP contribution in [0, 0.1) is 5.82 Å². The van der Waals surface area contributed by atoms with Gasteiger partial charge < -0.3 is 4.74 Å². The van der Waals surface area contributed by atoms with Crippen LogP contribution in [-0.4, -0.2) is 29.4 Å². The molecule has 0 unspecified atom stereocenters. The van der Waals surface area contributed by atoms with E-state index in [1.165, 1.54) is 6.07 Å². The van der Waals surface area contributed by atoms with E-state index >= 15 is 0 Å². The fraction of sp³-hybridized carbons (Fsp3) is 0.429. The maximum Gasteiger partial charge on any atom is 0.184 e. The van der Waals surface area contributed by atoms with E-state index in [2.05, 4.69) is 45.7 Å². The first kappa shape index (κ1) is 16.3. The average Bonchev–Trinajstić information content (AvgIpc) is 2.82. The Balaban J connectivity index is 1.95. The van der Waals surface area contributed by atoms with Gasteiger partial charge in [0.25, 0.3) is 0 Å². The largest absolute Gasteiger partial charge is 0.359 e. The van der Waals surface area contributed by atoms with Crippen molar-refractivity contribution < 1.29 is 9.13 Å². The zero-order valence-corrected chi connectivity index (χ0v) is 15.0. The highest BCUT2D eigenvalue weighted by molar-refractivity contribution is 9.10. The number of hydrogen-bond acceptors (Lipinski definition) is 3. The van der Waals surface area contributed by atoms with Gasteiger partial charge in [-0.2, -0.15) is 0 Å². The Morgan fingerprint density at radius 2 is 2.10 bits per heavy atom. The van der Waals surface area contributed by atoms with Crippen molar-refractivity contribution in [2.45, 2.75) is 32.4 Å². The van der Waals surface area contributed by atoms with E-state index in [4.69, 9.17) is 4.74 Å². The first-order chi connectivity index (χ1) is 9.85. The van der Waals surface area contributed by atoms with E-state index in [0.717, 1.165) is 12.7 Å². The van der Waals surface area contributed by atoms with Gasteiger partial charge in [0.05, 0.1) is 5.56 Å². The van der Waals surface area contributed by atoms with E-state index in [9.17, 15) is 4.39 Å². The molecule has 0 saturated heterocycles. The molecule has 1 heterocycles. The van der Waals surface area contributed by atoms with E-state index in [-0.39, 0.29) is 5.82 Å². The average molecular weight is 372 g/mol. The third kappa shape index (κ3) is 5.01. The molecular formula is C14H19BrFN3OSi. The van der Waals surface area contributed by atoms with E-state index in [0.29, 0.717) is 22.6 Å². The Hall–Kier alpha value is -1.05. The summed E-state index contributed by atoms with van der Waals surface area (Å²) in [6.07, 6.45) is 1.56. The standard InChI is InChI=1S/C14H19BrFN3OSi/c1-21(2,3)7-6-20-10-19-9-17-14(18-19)12-5-4-11(15)8-13(12)16/h4-5,8-9H,6-7,10H2,1-3H3. The molecule has 1 aromatic carbocycles. The summed E-state index contributed by atoms with van der Waals surface area (Å²) >= 11 is 3.23. The van der Waals surface area contributed by atoms with Crippen molar-refractivity contribution in [3.05, 3.63) is 34.8 Å². The highest BCUT2D eigenvalue weighted by Gasteiger charge is 2.13. The number of aromatic nitrogens is 3. The summed E-state index contributed by atoms with van der Waals surface area (Å²) in [5.41, 5.74) is 0.388. The highest BCUT2D eigenvalue weighted by atomic mass is 79.9. The summed E-state index contributed by atoms with van der Waals surface area (Å²) in [6, 6.07) is 5.94. The van der Waals surface area contributed by atoms with Gasteiger partial charge in [0.15, 0.2) is 5.82 Å². The van der Waals surface area contributed by atoms with Crippen LogP contribution in [-0.2, 0) is 11.5 Å². The second-order valence-corrected chi connectivity index (χ2v) is 12.6. The molecule has 0 fully saturated rings. The van der Waals surface area contributed by atoms with Crippen molar-refractivity contribution in [3.8, 4) is 11.4 Å². The van der Waals surface area contributed by atoms with Gasteiger partial charge >= 0.3 is 0 Å². The molecule has 1 aromatic heterocycles. The second kappa shape index (κ2) is 6.80. The molecule has 2 rings (SSSR count). The molecule has 114 valence electrons. The van der Waals surface area contributed by atoms with Gasteiger partial charge in [-0.1, -0.05) is 35.6 Å². The molecule has 0 aliphatic carbocycles. The Labute approximate surface area is 133 Å². The lowest BCUT2D eigenvalue weighted by Crippen LogP contribution is -2.22. The fourth-order valence-electron chi connectivity index (χ4n) is 1.69. The Kier molecular flexibility index (Phi) is 5.29. The van der Waals surface area contributed by atoms with Crippen LogP contribution in [0.5, 0.6) is 0 Å². The predicted octanol–water partition coefficient (Wildman–Crippen LogP) is 4.16. The monoisotopic (exact) mass is 371 g/mol. The van der Waals surface area contributed by atoms with Gasteiger partial charge in [0.2, 0.25) is 0 Å². The topological polar surface area (TPSA) is 39.9 Å². The zero-order chi connectivity index (χ0) is 15.5. The fourth-order valence-corrected chi connectivity index (χ4v) is 2.78. The first-order valence-corrected chi connectivity index (χ1v) is 11.3. The lowest BCUT2D eigenvalue weighted by Gasteiger charge is -2.15. The molecule has 0 aliphatic rings. The van der Waals surface area contributed by atoms with Gasteiger partial charge in [-0.15, -0.1) is 5.10 Å². The minimum Gasteiger partial charge on any atom is -0.359 e. The van der Waals surface area contributed by atoms with Gasteiger partial charge in [0.1, 0.15) is 18.9 Å². The lowest BCUT2D eigenvalue weighted by atomic mass is 10.2. The summed E-state index contributed by atoms with van der Waals surface area (Å²) in [7, 11) is -1.08. The summed E-state index contributed by atoms with van der Waals surface area (Å²) in [5, 5.41) is 4.24. The molecule has 0 bridgehead atoms. The van der Waals surface area contributed by atoms with Crippen LogP contribution in [0.4, 0.5) is 4.39 Å². The molecule has 2 aromatic rings. The van der Waals surface area contributed by atoms with Crippen molar-refractivity contribution in [3.63, 3.8) is 0 Å². The summed E-state index contributed by atoms with van der Waals surface area (Å²) in [6.45, 7) is 7.98. The minimum absolute atomic E-state index is 0.343. The molecule has 0 aliphatic heterocycles. The van der Waals surface area contributed by atoms with Crippen LogP contribution in [0.3, 0.4) is 0 Å². The summed E-state index contributed by atoms with van der Waals surface area (Å²) in [5.74, 6) is 0.0237. The van der Waals surface area contributed by atoms with E-state index < -0.39 is 8.07 Å².